The number of anilines is 2. The lowest BCUT2D eigenvalue weighted by atomic mass is 10.2. The maximum Gasteiger partial charge on any atom is 0.261 e. The monoisotopic (exact) mass is 232 g/mol. The van der Waals surface area contributed by atoms with Crippen LogP contribution in [0.3, 0.4) is 0 Å². The smallest absolute Gasteiger partial charge is 0.261 e. The van der Waals surface area contributed by atoms with E-state index in [1.54, 1.807) is 38.4 Å². The topological polar surface area (TPSA) is 80.0 Å². The summed E-state index contributed by atoms with van der Waals surface area (Å²) >= 11 is 0. The summed E-state index contributed by atoms with van der Waals surface area (Å²) in [6, 6.07) is 5.02. The number of amides is 1. The molecule has 0 saturated carbocycles. The van der Waals surface area contributed by atoms with E-state index in [9.17, 15) is 4.79 Å². The zero-order valence-corrected chi connectivity index (χ0v) is 9.52. The Morgan fingerprint density at radius 2 is 2.29 bits per heavy atom. The Kier molecular flexibility index (Phi) is 3.04. The van der Waals surface area contributed by atoms with Crippen LogP contribution < -0.4 is 10.6 Å². The van der Waals surface area contributed by atoms with Crippen LogP contribution in [0.4, 0.5) is 11.7 Å². The molecule has 2 heterocycles. The highest BCUT2D eigenvalue weighted by atomic mass is 16.5. The Labute approximate surface area is 98.0 Å². The van der Waals surface area contributed by atoms with E-state index in [1.165, 1.54) is 0 Å². The van der Waals surface area contributed by atoms with Crippen molar-refractivity contribution in [1.29, 1.82) is 0 Å². The predicted octanol–water partition coefficient (Wildman–Crippen LogP) is 1.67. The summed E-state index contributed by atoms with van der Waals surface area (Å²) < 4.78 is 4.91. The third kappa shape index (κ3) is 2.41. The molecule has 0 saturated heterocycles. The molecule has 0 aliphatic heterocycles. The second kappa shape index (κ2) is 4.65. The first-order valence-corrected chi connectivity index (χ1v) is 5.08. The Balaban J connectivity index is 2.20. The van der Waals surface area contributed by atoms with Crippen molar-refractivity contribution in [1.82, 2.24) is 10.1 Å². The van der Waals surface area contributed by atoms with Crippen molar-refractivity contribution in [2.45, 2.75) is 6.92 Å². The molecule has 2 rings (SSSR count). The molecule has 2 aromatic rings. The van der Waals surface area contributed by atoms with Gasteiger partial charge in [-0.05, 0) is 19.1 Å². The van der Waals surface area contributed by atoms with Gasteiger partial charge in [-0.1, -0.05) is 5.16 Å². The normalized spacial score (nSPS) is 10.0. The number of carbonyl (C=O) groups is 1. The molecule has 0 aromatic carbocycles. The maximum absolute atomic E-state index is 11.9. The molecular formula is C11H12N4O2. The lowest BCUT2D eigenvalue weighted by Crippen LogP contribution is -2.14. The van der Waals surface area contributed by atoms with Gasteiger partial charge in [-0.2, -0.15) is 0 Å². The van der Waals surface area contributed by atoms with E-state index >= 15 is 0 Å². The number of nitrogens with zero attached hydrogens (tertiary/aromatic N) is 2. The van der Waals surface area contributed by atoms with E-state index in [2.05, 4.69) is 20.8 Å². The van der Waals surface area contributed by atoms with E-state index < -0.39 is 0 Å². The number of carbonyl (C=O) groups excluding carboxylic acids is 1. The number of pyridine rings is 1. The minimum Gasteiger partial charge on any atom is -0.372 e. The number of hydrogen-bond acceptors (Lipinski definition) is 5. The molecule has 0 aliphatic rings. The highest BCUT2D eigenvalue weighted by molar-refractivity contribution is 6.06. The molecule has 17 heavy (non-hydrogen) atoms. The SMILES string of the molecule is CNc1ncccc1C(=O)Nc1cc(C)no1. The van der Waals surface area contributed by atoms with Gasteiger partial charge in [-0.25, -0.2) is 4.98 Å². The fraction of sp³-hybridized carbons (Fsp3) is 0.182. The third-order valence-electron chi connectivity index (χ3n) is 2.15. The van der Waals surface area contributed by atoms with Crippen LogP contribution in [0.2, 0.25) is 0 Å². The molecular weight excluding hydrogens is 220 g/mol. The van der Waals surface area contributed by atoms with Crippen LogP contribution in [0.15, 0.2) is 28.9 Å². The number of hydrogen-bond donors (Lipinski definition) is 2. The van der Waals surface area contributed by atoms with Crippen molar-refractivity contribution in [2.24, 2.45) is 0 Å². The molecule has 0 unspecified atom stereocenters. The van der Waals surface area contributed by atoms with Crippen LogP contribution in [-0.4, -0.2) is 23.1 Å². The summed E-state index contributed by atoms with van der Waals surface area (Å²) in [5.41, 5.74) is 1.16. The van der Waals surface area contributed by atoms with Gasteiger partial charge in [-0.15, -0.1) is 0 Å². The minimum absolute atomic E-state index is 0.293. The number of aryl methyl sites for hydroxylation is 1. The summed E-state index contributed by atoms with van der Waals surface area (Å²) in [5.74, 6) is 0.540. The fourth-order valence-corrected chi connectivity index (χ4v) is 1.39. The summed E-state index contributed by atoms with van der Waals surface area (Å²) in [6.45, 7) is 1.78. The third-order valence-corrected chi connectivity index (χ3v) is 2.15. The fourth-order valence-electron chi connectivity index (χ4n) is 1.39. The first kappa shape index (κ1) is 11.1. The largest absolute Gasteiger partial charge is 0.372 e. The van der Waals surface area contributed by atoms with Crippen molar-refractivity contribution in [2.75, 3.05) is 17.7 Å². The molecule has 0 fully saturated rings. The van der Waals surface area contributed by atoms with Crippen LogP contribution in [-0.2, 0) is 0 Å². The van der Waals surface area contributed by atoms with Gasteiger partial charge in [0.05, 0.1) is 11.3 Å². The van der Waals surface area contributed by atoms with Crippen molar-refractivity contribution >= 4 is 17.6 Å². The molecule has 6 heteroatoms. The zero-order valence-electron chi connectivity index (χ0n) is 9.52. The molecule has 0 atom stereocenters. The Morgan fingerprint density at radius 3 is 2.94 bits per heavy atom. The minimum atomic E-state index is -0.293. The molecule has 0 radical (unpaired) electrons. The zero-order chi connectivity index (χ0) is 12.3. The summed E-state index contributed by atoms with van der Waals surface area (Å²) in [6.07, 6.45) is 1.61. The number of aromatic nitrogens is 2. The van der Waals surface area contributed by atoms with Gasteiger partial charge >= 0.3 is 0 Å². The van der Waals surface area contributed by atoms with Crippen LogP contribution in [0.5, 0.6) is 0 Å². The van der Waals surface area contributed by atoms with Crippen molar-refractivity contribution < 1.29 is 9.32 Å². The highest BCUT2D eigenvalue weighted by Gasteiger charge is 2.13. The van der Waals surface area contributed by atoms with E-state index in [-0.39, 0.29) is 5.91 Å². The van der Waals surface area contributed by atoms with Gasteiger partial charge < -0.3 is 9.84 Å². The van der Waals surface area contributed by atoms with E-state index in [0.717, 1.165) is 0 Å². The van der Waals surface area contributed by atoms with Crippen LogP contribution in [0, 0.1) is 6.92 Å². The quantitative estimate of drug-likeness (QED) is 0.841. The lowest BCUT2D eigenvalue weighted by molar-refractivity contribution is 0.102. The Bertz CT molecular complexity index is 536. The average Bonchev–Trinajstić information content (AvgIpc) is 2.74. The van der Waals surface area contributed by atoms with Crippen LogP contribution in [0.25, 0.3) is 0 Å². The molecule has 0 aliphatic carbocycles. The molecule has 2 aromatic heterocycles. The number of nitrogens with one attached hydrogen (secondary N) is 2. The highest BCUT2D eigenvalue weighted by Crippen LogP contribution is 2.14. The van der Waals surface area contributed by atoms with Gasteiger partial charge in [0.2, 0.25) is 5.88 Å². The molecule has 88 valence electrons. The van der Waals surface area contributed by atoms with Gasteiger partial charge in [0, 0.05) is 19.3 Å². The average molecular weight is 232 g/mol. The second-order valence-corrected chi connectivity index (χ2v) is 3.44. The van der Waals surface area contributed by atoms with Crippen molar-refractivity contribution in [3.63, 3.8) is 0 Å². The van der Waals surface area contributed by atoms with Crippen LogP contribution >= 0.6 is 0 Å². The van der Waals surface area contributed by atoms with E-state index in [1.807, 2.05) is 0 Å². The van der Waals surface area contributed by atoms with E-state index in [4.69, 9.17) is 4.52 Å². The molecule has 0 spiro atoms. The summed E-state index contributed by atoms with van der Waals surface area (Å²) in [4.78, 5) is 16.0. The molecule has 6 nitrogen and oxygen atoms in total. The van der Waals surface area contributed by atoms with Gasteiger partial charge in [0.1, 0.15) is 5.82 Å². The Morgan fingerprint density at radius 1 is 1.47 bits per heavy atom. The summed E-state index contributed by atoms with van der Waals surface area (Å²) in [7, 11) is 1.71. The van der Waals surface area contributed by atoms with Crippen molar-refractivity contribution in [3.05, 3.63) is 35.7 Å². The van der Waals surface area contributed by atoms with Crippen molar-refractivity contribution in [3.8, 4) is 0 Å². The lowest BCUT2D eigenvalue weighted by Gasteiger charge is -2.06. The van der Waals surface area contributed by atoms with Gasteiger partial charge in [0.25, 0.3) is 5.91 Å². The van der Waals surface area contributed by atoms with Gasteiger partial charge in [-0.3, -0.25) is 10.1 Å². The molecule has 1 amide bonds. The number of rotatable bonds is 3. The second-order valence-electron chi connectivity index (χ2n) is 3.44. The maximum atomic E-state index is 11.9. The predicted molar refractivity (Wildman–Crippen MR) is 63.0 cm³/mol. The van der Waals surface area contributed by atoms with E-state index in [0.29, 0.717) is 23.0 Å². The molecule has 0 bridgehead atoms. The summed E-state index contributed by atoms with van der Waals surface area (Å²) in [5, 5.41) is 9.14. The first-order valence-electron chi connectivity index (χ1n) is 5.08. The van der Waals surface area contributed by atoms with Gasteiger partial charge in [0.15, 0.2) is 0 Å². The molecule has 2 N–H and O–H groups in total. The first-order chi connectivity index (χ1) is 8.20. The standard InChI is InChI=1S/C11H12N4O2/c1-7-6-9(17-15-7)14-11(16)8-4-3-5-13-10(8)12-2/h3-6H,1-2H3,(H,12,13)(H,14,16). The van der Waals surface area contributed by atoms with Crippen LogP contribution in [0.1, 0.15) is 16.1 Å². The Hall–Kier alpha value is -2.37.